The molecule has 0 aliphatic carbocycles. The van der Waals surface area contributed by atoms with Gasteiger partial charge in [-0.25, -0.2) is 13.5 Å². The highest BCUT2D eigenvalue weighted by Crippen LogP contribution is 2.23. The van der Waals surface area contributed by atoms with Crippen LogP contribution < -0.4 is 10.1 Å². The lowest BCUT2D eigenvalue weighted by atomic mass is 10.3. The van der Waals surface area contributed by atoms with Gasteiger partial charge in [0.2, 0.25) is 17.6 Å². The number of aryl methyl sites for hydroxylation is 1. The van der Waals surface area contributed by atoms with Crippen LogP contribution in [0.4, 0.5) is 14.7 Å². The van der Waals surface area contributed by atoms with Gasteiger partial charge in [-0.3, -0.25) is 4.98 Å². The Bertz CT molecular complexity index is 856. The molecule has 1 N–H and O–H groups in total. The fourth-order valence-corrected chi connectivity index (χ4v) is 2.35. The number of aromatic nitrogens is 6. The van der Waals surface area contributed by atoms with E-state index >= 15 is 0 Å². The van der Waals surface area contributed by atoms with E-state index in [1.165, 1.54) is 18.3 Å². The van der Waals surface area contributed by atoms with Crippen LogP contribution in [0.3, 0.4) is 0 Å². The van der Waals surface area contributed by atoms with E-state index in [1.54, 1.807) is 4.68 Å². The monoisotopic (exact) mass is 349 g/mol. The number of alkyl halides is 2. The van der Waals surface area contributed by atoms with Gasteiger partial charge in [-0.1, -0.05) is 5.16 Å². The van der Waals surface area contributed by atoms with Crippen molar-refractivity contribution in [1.29, 1.82) is 0 Å². The first-order chi connectivity index (χ1) is 12.2. The van der Waals surface area contributed by atoms with Crippen LogP contribution in [0, 0.1) is 0 Å². The normalized spacial score (nSPS) is 13.6. The van der Waals surface area contributed by atoms with Crippen LogP contribution in [0.5, 0.6) is 5.75 Å². The highest BCUT2D eigenvalue weighted by Gasteiger charge is 2.20. The number of hydrogen-bond acceptors (Lipinski definition) is 8. The molecular formula is C14H13F2N7O2. The van der Waals surface area contributed by atoms with E-state index in [0.717, 1.165) is 19.5 Å². The molecule has 0 atom stereocenters. The van der Waals surface area contributed by atoms with Gasteiger partial charge in [0, 0.05) is 25.4 Å². The molecule has 130 valence electrons. The Kier molecular flexibility index (Phi) is 3.96. The smallest absolute Gasteiger partial charge is 0.298 e. The average Bonchev–Trinajstić information content (AvgIpc) is 3.27. The maximum Gasteiger partial charge on any atom is 0.298 e. The molecule has 0 saturated carbocycles. The van der Waals surface area contributed by atoms with Gasteiger partial charge in [-0.05, 0) is 12.5 Å². The van der Waals surface area contributed by atoms with Crippen LogP contribution in [0.15, 0.2) is 22.9 Å². The molecule has 0 spiro atoms. The fourth-order valence-electron chi connectivity index (χ4n) is 2.35. The maximum atomic E-state index is 12.2. The van der Waals surface area contributed by atoms with Gasteiger partial charge in [0.1, 0.15) is 18.1 Å². The van der Waals surface area contributed by atoms with Crippen molar-refractivity contribution in [2.24, 2.45) is 0 Å². The molecule has 4 heterocycles. The summed E-state index contributed by atoms with van der Waals surface area (Å²) in [6.45, 7) is 0.905. The van der Waals surface area contributed by atoms with Gasteiger partial charge in [0.15, 0.2) is 0 Å². The molecule has 0 radical (unpaired) electrons. The Labute approximate surface area is 140 Å². The second-order valence-corrected chi connectivity index (χ2v) is 5.26. The number of fused-ring (bicyclic) bond motifs is 1. The Balaban J connectivity index is 1.57. The zero-order valence-electron chi connectivity index (χ0n) is 12.9. The van der Waals surface area contributed by atoms with Gasteiger partial charge in [-0.15, -0.1) is 5.10 Å². The molecule has 9 nitrogen and oxygen atoms in total. The van der Waals surface area contributed by atoms with Crippen molar-refractivity contribution in [3.8, 4) is 29.0 Å². The molecule has 0 saturated heterocycles. The quantitative estimate of drug-likeness (QED) is 0.744. The lowest BCUT2D eigenvalue weighted by Crippen LogP contribution is -2.17. The number of ether oxygens (including phenoxy) is 1. The Morgan fingerprint density at radius 1 is 1.32 bits per heavy atom. The molecule has 0 amide bonds. The fraction of sp³-hybridized carbons (Fsp3) is 0.357. The van der Waals surface area contributed by atoms with E-state index in [1.807, 2.05) is 0 Å². The van der Waals surface area contributed by atoms with Crippen molar-refractivity contribution in [3.63, 3.8) is 0 Å². The molecule has 11 heteroatoms. The number of pyridine rings is 1. The largest absolute Gasteiger partial charge is 0.488 e. The molecule has 4 rings (SSSR count). The third-order valence-electron chi connectivity index (χ3n) is 3.46. The maximum absolute atomic E-state index is 12.2. The lowest BCUT2D eigenvalue weighted by Gasteiger charge is -2.12. The first-order valence-electron chi connectivity index (χ1n) is 7.59. The van der Waals surface area contributed by atoms with Crippen LogP contribution in [-0.2, 0) is 6.54 Å². The molecule has 0 bridgehead atoms. The highest BCUT2D eigenvalue weighted by molar-refractivity contribution is 5.54. The summed E-state index contributed by atoms with van der Waals surface area (Å²) in [5.74, 6) is 1.56. The zero-order chi connectivity index (χ0) is 17.2. The van der Waals surface area contributed by atoms with Crippen molar-refractivity contribution in [1.82, 2.24) is 29.9 Å². The molecule has 25 heavy (non-hydrogen) atoms. The molecule has 0 fully saturated rings. The molecule has 3 aromatic heterocycles. The van der Waals surface area contributed by atoms with E-state index in [-0.39, 0.29) is 17.5 Å². The summed E-state index contributed by atoms with van der Waals surface area (Å²) in [5, 5.41) is 11.3. The van der Waals surface area contributed by atoms with Crippen molar-refractivity contribution in [3.05, 3.63) is 18.3 Å². The summed E-state index contributed by atoms with van der Waals surface area (Å²) in [5.41, 5.74) is 0.337. The van der Waals surface area contributed by atoms with Gasteiger partial charge >= 0.3 is 0 Å². The number of hydrogen-bond donors (Lipinski definition) is 1. The highest BCUT2D eigenvalue weighted by atomic mass is 19.3. The van der Waals surface area contributed by atoms with Gasteiger partial charge in [0.25, 0.3) is 12.3 Å². The van der Waals surface area contributed by atoms with Crippen molar-refractivity contribution in [2.75, 3.05) is 18.5 Å². The van der Waals surface area contributed by atoms with Crippen LogP contribution in [-0.4, -0.2) is 49.5 Å². The number of nitrogens with one attached hydrogen (secondary N) is 1. The second-order valence-electron chi connectivity index (χ2n) is 5.26. The predicted octanol–water partition coefficient (Wildman–Crippen LogP) is 1.85. The number of nitrogens with zero attached hydrogens (tertiary/aromatic N) is 6. The SMILES string of the molecule is FC(F)COc1ccnc(-c2noc(-c3nc4n(n3)CCCN4)n2)c1. The summed E-state index contributed by atoms with van der Waals surface area (Å²) >= 11 is 0. The van der Waals surface area contributed by atoms with Gasteiger partial charge in [0.05, 0.1) is 0 Å². The van der Waals surface area contributed by atoms with Crippen LogP contribution in [0.2, 0.25) is 0 Å². The molecule has 1 aliphatic rings. The van der Waals surface area contributed by atoms with Crippen molar-refractivity contribution < 1.29 is 18.0 Å². The minimum atomic E-state index is -2.56. The Hall–Kier alpha value is -3.11. The summed E-state index contributed by atoms with van der Waals surface area (Å²) in [6, 6.07) is 2.94. The summed E-state index contributed by atoms with van der Waals surface area (Å²) in [7, 11) is 0. The zero-order valence-corrected chi connectivity index (χ0v) is 12.9. The topological polar surface area (TPSA) is 104 Å². The molecule has 0 aromatic carbocycles. The average molecular weight is 349 g/mol. The van der Waals surface area contributed by atoms with Crippen molar-refractivity contribution in [2.45, 2.75) is 19.4 Å². The van der Waals surface area contributed by atoms with E-state index < -0.39 is 13.0 Å². The minimum absolute atomic E-state index is 0.152. The van der Waals surface area contributed by atoms with Crippen LogP contribution >= 0.6 is 0 Å². The summed E-state index contributed by atoms with van der Waals surface area (Å²) < 4.78 is 36.4. The molecule has 1 aliphatic heterocycles. The Morgan fingerprint density at radius 2 is 2.24 bits per heavy atom. The first-order valence-corrected chi connectivity index (χ1v) is 7.59. The lowest BCUT2D eigenvalue weighted by molar-refractivity contribution is 0.0819. The standard InChI is InChI=1S/C14H13F2N7O2/c15-10(16)7-24-8-2-4-17-9(6-8)11-19-13(25-22-11)12-20-14-18-3-1-5-23(14)21-12/h2,4,6,10H,1,3,5,7H2,(H,18,20,21). The van der Waals surface area contributed by atoms with E-state index in [2.05, 4.69) is 30.5 Å². The summed E-state index contributed by atoms with van der Waals surface area (Å²) in [6.07, 6.45) is -0.177. The third-order valence-corrected chi connectivity index (χ3v) is 3.46. The third kappa shape index (κ3) is 3.25. The number of halogens is 2. The Morgan fingerprint density at radius 3 is 3.08 bits per heavy atom. The van der Waals surface area contributed by atoms with Crippen molar-refractivity contribution >= 4 is 5.95 Å². The number of rotatable bonds is 5. The molecular weight excluding hydrogens is 336 g/mol. The van der Waals surface area contributed by atoms with Crippen LogP contribution in [0.1, 0.15) is 6.42 Å². The summed E-state index contributed by atoms with van der Waals surface area (Å²) in [4.78, 5) is 12.6. The van der Waals surface area contributed by atoms with E-state index in [9.17, 15) is 8.78 Å². The van der Waals surface area contributed by atoms with Gasteiger partial charge in [-0.2, -0.15) is 9.97 Å². The van der Waals surface area contributed by atoms with E-state index in [4.69, 9.17) is 9.26 Å². The number of anilines is 1. The second kappa shape index (κ2) is 6.42. The molecule has 3 aromatic rings. The molecule has 0 unspecified atom stereocenters. The minimum Gasteiger partial charge on any atom is -0.488 e. The first kappa shape index (κ1) is 15.4. The predicted molar refractivity (Wildman–Crippen MR) is 81.2 cm³/mol. The van der Waals surface area contributed by atoms with Crippen LogP contribution in [0.25, 0.3) is 23.2 Å². The van der Waals surface area contributed by atoms with Gasteiger partial charge < -0.3 is 14.6 Å². The van der Waals surface area contributed by atoms with E-state index in [0.29, 0.717) is 17.5 Å².